The number of fused-ring (bicyclic) bond motifs is 1. The quantitative estimate of drug-likeness (QED) is 0.319. The van der Waals surface area contributed by atoms with Gasteiger partial charge < -0.3 is 15.0 Å². The van der Waals surface area contributed by atoms with E-state index in [0.717, 1.165) is 21.4 Å². The highest BCUT2D eigenvalue weighted by molar-refractivity contribution is 7.17. The third-order valence-corrected chi connectivity index (χ3v) is 7.18. The molecule has 2 heterocycles. The number of methoxy groups -OCH3 is 1. The Hall–Kier alpha value is -4.18. The first-order chi connectivity index (χ1) is 18.4. The minimum atomic E-state index is -0.604. The Bertz CT molecular complexity index is 1520. The molecule has 0 saturated heterocycles. The number of hydrogen-bond acceptors (Lipinski definition) is 6. The molecule has 9 nitrogen and oxygen atoms in total. The zero-order chi connectivity index (χ0) is 27.1. The highest BCUT2D eigenvalue weighted by atomic mass is 32.1. The number of nitrogens with one attached hydrogen (secondary N) is 1. The molecule has 0 aliphatic carbocycles. The summed E-state index contributed by atoms with van der Waals surface area (Å²) in [6, 6.07) is 18.6. The molecule has 0 atom stereocenters. The second-order valence-corrected chi connectivity index (χ2v) is 9.64. The molecule has 0 fully saturated rings. The Labute approximate surface area is 223 Å². The second kappa shape index (κ2) is 12.4. The zero-order valence-electron chi connectivity index (χ0n) is 21.4. The fourth-order valence-electron chi connectivity index (χ4n) is 4.14. The van der Waals surface area contributed by atoms with Crippen molar-refractivity contribution in [1.82, 2.24) is 19.4 Å². The van der Waals surface area contributed by atoms with Gasteiger partial charge in [0, 0.05) is 32.6 Å². The number of hydrogen-bond donors (Lipinski definition) is 1. The van der Waals surface area contributed by atoms with E-state index in [1.54, 1.807) is 35.6 Å². The van der Waals surface area contributed by atoms with E-state index in [-0.39, 0.29) is 31.3 Å². The van der Waals surface area contributed by atoms with Crippen molar-refractivity contribution in [3.8, 4) is 5.75 Å². The molecule has 0 unspecified atom stereocenters. The molecule has 198 valence electrons. The first-order valence-corrected chi connectivity index (χ1v) is 13.2. The Morgan fingerprint density at radius 1 is 0.974 bits per heavy atom. The van der Waals surface area contributed by atoms with Gasteiger partial charge in [-0.15, -0.1) is 11.3 Å². The molecule has 2 aromatic heterocycles. The van der Waals surface area contributed by atoms with Crippen molar-refractivity contribution in [2.75, 3.05) is 13.7 Å². The number of thiophene rings is 1. The van der Waals surface area contributed by atoms with Crippen LogP contribution in [-0.4, -0.2) is 39.5 Å². The van der Waals surface area contributed by atoms with Crippen LogP contribution < -0.4 is 21.3 Å². The number of aromatic nitrogens is 2. The zero-order valence-corrected chi connectivity index (χ0v) is 22.2. The van der Waals surface area contributed by atoms with E-state index in [2.05, 4.69) is 5.32 Å². The molecular formula is C28H30N4O5S. The number of likely N-dealkylation sites (N-methyl/N-ethyl adjacent to an activating group) is 1. The van der Waals surface area contributed by atoms with Gasteiger partial charge in [0.2, 0.25) is 11.8 Å². The molecule has 2 aromatic carbocycles. The van der Waals surface area contributed by atoms with Crippen molar-refractivity contribution < 1.29 is 14.3 Å². The predicted octanol–water partition coefficient (Wildman–Crippen LogP) is 2.99. The maximum absolute atomic E-state index is 13.4. The summed E-state index contributed by atoms with van der Waals surface area (Å²) >= 11 is 1.21. The van der Waals surface area contributed by atoms with Crippen LogP contribution in [0.15, 0.2) is 75.6 Å². The lowest BCUT2D eigenvalue weighted by Gasteiger charge is -2.22. The largest absolute Gasteiger partial charge is 0.497 e. The monoisotopic (exact) mass is 534 g/mol. The van der Waals surface area contributed by atoms with Gasteiger partial charge in [-0.1, -0.05) is 42.5 Å². The lowest BCUT2D eigenvalue weighted by Crippen LogP contribution is -2.43. The molecule has 0 bridgehead atoms. The van der Waals surface area contributed by atoms with E-state index >= 15 is 0 Å². The summed E-state index contributed by atoms with van der Waals surface area (Å²) in [5, 5.41) is 4.53. The molecule has 4 rings (SSSR count). The molecule has 0 spiro atoms. The first-order valence-electron chi connectivity index (χ1n) is 12.3. The number of nitrogens with zero attached hydrogens (tertiary/aromatic N) is 3. The van der Waals surface area contributed by atoms with Crippen LogP contribution in [-0.2, 0) is 35.8 Å². The van der Waals surface area contributed by atoms with Gasteiger partial charge in [0.1, 0.15) is 17.0 Å². The molecule has 0 radical (unpaired) electrons. The summed E-state index contributed by atoms with van der Waals surface area (Å²) in [5.74, 6) is 0.203. The molecule has 38 heavy (non-hydrogen) atoms. The number of ether oxygens (including phenoxy) is 1. The molecular weight excluding hydrogens is 504 g/mol. The Balaban J connectivity index is 1.49. The smallest absolute Gasteiger partial charge is 0.332 e. The first kappa shape index (κ1) is 26.9. The van der Waals surface area contributed by atoms with Crippen molar-refractivity contribution >= 4 is 33.4 Å². The lowest BCUT2D eigenvalue weighted by atomic mass is 10.2. The Morgan fingerprint density at radius 2 is 1.71 bits per heavy atom. The number of carbonyl (C=O) groups is 2. The van der Waals surface area contributed by atoms with Crippen molar-refractivity contribution in [2.24, 2.45) is 0 Å². The predicted molar refractivity (Wildman–Crippen MR) is 147 cm³/mol. The van der Waals surface area contributed by atoms with Crippen LogP contribution in [0.2, 0.25) is 0 Å². The number of rotatable bonds is 11. The van der Waals surface area contributed by atoms with Gasteiger partial charge in [0.25, 0.3) is 5.56 Å². The maximum Gasteiger partial charge on any atom is 0.332 e. The summed E-state index contributed by atoms with van der Waals surface area (Å²) in [7, 11) is 1.58. The van der Waals surface area contributed by atoms with Crippen molar-refractivity contribution in [1.29, 1.82) is 0 Å². The van der Waals surface area contributed by atoms with Gasteiger partial charge in [0.05, 0.1) is 12.6 Å². The third-order valence-electron chi connectivity index (χ3n) is 6.29. The van der Waals surface area contributed by atoms with Crippen LogP contribution in [0.3, 0.4) is 0 Å². The highest BCUT2D eigenvalue weighted by Gasteiger charge is 2.20. The molecule has 0 saturated carbocycles. The van der Waals surface area contributed by atoms with Crippen LogP contribution in [0.5, 0.6) is 5.75 Å². The van der Waals surface area contributed by atoms with Gasteiger partial charge in [-0.05, 0) is 41.6 Å². The summed E-state index contributed by atoms with van der Waals surface area (Å²) in [4.78, 5) is 53.8. The molecule has 10 heteroatoms. The lowest BCUT2D eigenvalue weighted by molar-refractivity contribution is -0.132. The SMILES string of the molecule is CCN(Cc1ccccc1)C(=O)Cn1c(=O)n(CCC(=O)NCc2ccc(OC)cc2)c(=O)c2sccc21. The third kappa shape index (κ3) is 6.20. The van der Waals surface area contributed by atoms with Crippen LogP contribution >= 0.6 is 11.3 Å². The van der Waals surface area contributed by atoms with E-state index in [1.807, 2.05) is 49.4 Å². The second-order valence-electron chi connectivity index (χ2n) is 8.73. The van der Waals surface area contributed by atoms with Crippen LogP contribution in [0, 0.1) is 0 Å². The molecule has 4 aromatic rings. The summed E-state index contributed by atoms with van der Waals surface area (Å²) in [6.45, 7) is 2.81. The maximum atomic E-state index is 13.4. The minimum Gasteiger partial charge on any atom is -0.497 e. The van der Waals surface area contributed by atoms with E-state index < -0.39 is 11.2 Å². The number of carbonyl (C=O) groups excluding carboxylic acids is 2. The van der Waals surface area contributed by atoms with Crippen LogP contribution in [0.25, 0.3) is 10.2 Å². The molecule has 0 aliphatic heterocycles. The Morgan fingerprint density at radius 3 is 2.39 bits per heavy atom. The molecule has 1 N–H and O–H groups in total. The fraction of sp³-hybridized carbons (Fsp3) is 0.286. The topological polar surface area (TPSA) is 103 Å². The van der Waals surface area contributed by atoms with Crippen molar-refractivity contribution in [2.45, 2.75) is 39.5 Å². The van der Waals surface area contributed by atoms with Gasteiger partial charge in [-0.2, -0.15) is 0 Å². The number of amides is 2. The van der Waals surface area contributed by atoms with E-state index in [4.69, 9.17) is 4.74 Å². The summed E-state index contributed by atoms with van der Waals surface area (Å²) < 4.78 is 7.89. The summed E-state index contributed by atoms with van der Waals surface area (Å²) in [5.41, 5.74) is 1.25. The van der Waals surface area contributed by atoms with Gasteiger partial charge in [-0.25, -0.2) is 4.79 Å². The van der Waals surface area contributed by atoms with Gasteiger partial charge in [0.15, 0.2) is 0 Å². The van der Waals surface area contributed by atoms with Gasteiger partial charge >= 0.3 is 5.69 Å². The minimum absolute atomic E-state index is 0.0504. The average Bonchev–Trinajstić information content (AvgIpc) is 3.44. The van der Waals surface area contributed by atoms with E-state index in [9.17, 15) is 19.2 Å². The highest BCUT2D eigenvalue weighted by Crippen LogP contribution is 2.16. The summed E-state index contributed by atoms with van der Waals surface area (Å²) in [6.07, 6.45) is -0.0504. The van der Waals surface area contributed by atoms with Gasteiger partial charge in [-0.3, -0.25) is 23.5 Å². The number of benzene rings is 2. The average molecular weight is 535 g/mol. The van der Waals surface area contributed by atoms with Crippen molar-refractivity contribution in [3.05, 3.63) is 98.0 Å². The Kier molecular flexibility index (Phi) is 8.75. The molecule has 2 amide bonds. The normalized spacial score (nSPS) is 10.9. The standard InChI is InChI=1S/C28H30N4O5S/c1-3-30(18-21-7-5-4-6-8-21)25(34)19-32-23-14-16-38-26(23)27(35)31(28(32)36)15-13-24(33)29-17-20-9-11-22(37-2)12-10-20/h4-12,14,16H,3,13,15,17-19H2,1-2H3,(H,29,33). The van der Waals surface area contributed by atoms with Crippen LogP contribution in [0.1, 0.15) is 24.5 Å². The van der Waals surface area contributed by atoms with Crippen LogP contribution in [0.4, 0.5) is 0 Å². The van der Waals surface area contributed by atoms with E-state index in [1.165, 1.54) is 15.9 Å². The van der Waals surface area contributed by atoms with E-state index in [0.29, 0.717) is 29.9 Å². The fourth-order valence-corrected chi connectivity index (χ4v) is 4.99. The molecule has 0 aliphatic rings. The van der Waals surface area contributed by atoms with Crippen molar-refractivity contribution in [3.63, 3.8) is 0 Å².